The van der Waals surface area contributed by atoms with Crippen LogP contribution in [0.25, 0.3) is 0 Å². The van der Waals surface area contributed by atoms with Gasteiger partial charge in [0.25, 0.3) is 0 Å². The van der Waals surface area contributed by atoms with Crippen LogP contribution in [0.4, 0.5) is 0 Å². The lowest BCUT2D eigenvalue weighted by Gasteiger charge is -2.27. The highest BCUT2D eigenvalue weighted by Gasteiger charge is 2.30. The molecule has 2 unspecified atom stereocenters. The first-order chi connectivity index (χ1) is 15.3. The van der Waals surface area contributed by atoms with Gasteiger partial charge in [0.15, 0.2) is 0 Å². The second kappa shape index (κ2) is 12.4. The van der Waals surface area contributed by atoms with Crippen molar-refractivity contribution in [2.24, 2.45) is 0 Å². The van der Waals surface area contributed by atoms with Crippen molar-refractivity contribution >= 4 is 18.0 Å². The van der Waals surface area contributed by atoms with Crippen LogP contribution in [0.5, 0.6) is 0 Å². The molecule has 3 rings (SSSR count). The zero-order valence-electron chi connectivity index (χ0n) is 17.0. The number of hydrogen-bond donors (Lipinski definition) is 2. The summed E-state index contributed by atoms with van der Waals surface area (Å²) in [6, 6.07) is 13.6. The van der Waals surface area contributed by atoms with Crippen molar-refractivity contribution in [3.05, 3.63) is 115 Å². The molecule has 0 spiro atoms. The zero-order chi connectivity index (χ0) is 21.7. The van der Waals surface area contributed by atoms with Gasteiger partial charge in [-0.25, -0.2) is 0 Å². The summed E-state index contributed by atoms with van der Waals surface area (Å²) in [6.45, 7) is 0. The molecule has 0 aliphatic rings. The van der Waals surface area contributed by atoms with Crippen LogP contribution in [0.3, 0.4) is 0 Å². The number of pyridine rings is 3. The largest absolute Gasteiger partial charge is 0.407 e. The Bertz CT molecular complexity index is 945. The molecule has 2 N–H and O–H groups in total. The molecule has 0 amide bonds. The number of allylic oxidation sites excluding steroid dienone is 3. The zero-order valence-corrected chi connectivity index (χ0v) is 17.8. The SMILES string of the molecule is CNOSO/C=C/C=C\C(=N)C(c1cccnc1)C(c1cccnc1)c1ccccn1. The van der Waals surface area contributed by atoms with E-state index in [1.54, 1.807) is 50.1 Å². The van der Waals surface area contributed by atoms with E-state index in [0.717, 1.165) is 29.1 Å². The van der Waals surface area contributed by atoms with Gasteiger partial charge in [-0.3, -0.25) is 15.0 Å². The Morgan fingerprint density at radius 2 is 1.77 bits per heavy atom. The fraction of sp³-hybridized carbons (Fsp3) is 0.130. The summed E-state index contributed by atoms with van der Waals surface area (Å²) >= 11 is 0.806. The highest BCUT2D eigenvalue weighted by atomic mass is 32.2. The molecule has 3 aromatic rings. The van der Waals surface area contributed by atoms with E-state index in [9.17, 15) is 0 Å². The van der Waals surface area contributed by atoms with E-state index in [1.807, 2.05) is 48.7 Å². The van der Waals surface area contributed by atoms with E-state index in [2.05, 4.69) is 20.4 Å². The number of aromatic nitrogens is 3. The predicted octanol–water partition coefficient (Wildman–Crippen LogP) is 4.61. The monoisotopic (exact) mass is 433 g/mol. The molecule has 0 radical (unpaired) electrons. The molecule has 0 bridgehead atoms. The number of nitrogens with zero attached hydrogens (tertiary/aromatic N) is 3. The second-order valence-corrected chi connectivity index (χ2v) is 6.87. The minimum Gasteiger partial charge on any atom is -0.407 e. The molecule has 7 nitrogen and oxygen atoms in total. The van der Waals surface area contributed by atoms with Crippen molar-refractivity contribution in [1.29, 1.82) is 5.41 Å². The maximum atomic E-state index is 8.88. The number of hydroxylamine groups is 1. The Labute approximate surface area is 186 Å². The minimum atomic E-state index is -0.305. The van der Waals surface area contributed by atoms with E-state index in [0.29, 0.717) is 5.71 Å². The molecule has 0 aliphatic heterocycles. The molecule has 0 aromatic carbocycles. The Morgan fingerprint density at radius 3 is 2.42 bits per heavy atom. The summed E-state index contributed by atoms with van der Waals surface area (Å²) in [5.41, 5.74) is 5.67. The van der Waals surface area contributed by atoms with Gasteiger partial charge in [-0.1, -0.05) is 24.3 Å². The Balaban J connectivity index is 1.94. The van der Waals surface area contributed by atoms with E-state index in [4.69, 9.17) is 13.9 Å². The Kier molecular flexibility index (Phi) is 8.93. The van der Waals surface area contributed by atoms with Crippen molar-refractivity contribution in [1.82, 2.24) is 20.4 Å². The van der Waals surface area contributed by atoms with Gasteiger partial charge in [0.1, 0.15) is 6.26 Å². The van der Waals surface area contributed by atoms with Gasteiger partial charge < -0.3 is 9.59 Å². The van der Waals surface area contributed by atoms with Gasteiger partial charge in [0, 0.05) is 61.3 Å². The molecule has 0 saturated carbocycles. The van der Waals surface area contributed by atoms with Crippen molar-refractivity contribution in [3.63, 3.8) is 0 Å². The Hall–Kier alpha value is -3.33. The smallest absolute Gasteiger partial charge is 0.244 e. The number of nitrogens with one attached hydrogen (secondary N) is 2. The average Bonchev–Trinajstić information content (AvgIpc) is 2.83. The lowest BCUT2D eigenvalue weighted by Crippen LogP contribution is -2.21. The average molecular weight is 434 g/mol. The summed E-state index contributed by atoms with van der Waals surface area (Å²) in [5, 5.41) is 8.88. The molecule has 3 heterocycles. The predicted molar refractivity (Wildman–Crippen MR) is 122 cm³/mol. The number of hydrogen-bond acceptors (Lipinski definition) is 8. The quantitative estimate of drug-likeness (QED) is 0.114. The molecule has 31 heavy (non-hydrogen) atoms. The van der Waals surface area contributed by atoms with E-state index < -0.39 is 0 Å². The molecule has 0 saturated heterocycles. The van der Waals surface area contributed by atoms with Gasteiger partial charge in [0.05, 0.1) is 0 Å². The maximum absolute atomic E-state index is 8.88. The van der Waals surface area contributed by atoms with Crippen LogP contribution in [0.15, 0.2) is 97.9 Å². The highest BCUT2D eigenvalue weighted by Crippen LogP contribution is 2.38. The molecule has 0 fully saturated rings. The molecule has 3 aromatic heterocycles. The molecule has 8 heteroatoms. The molecule has 2 atom stereocenters. The third kappa shape index (κ3) is 6.58. The molecule has 158 valence electrons. The van der Waals surface area contributed by atoms with Crippen molar-refractivity contribution < 1.29 is 8.47 Å². The van der Waals surface area contributed by atoms with Crippen LogP contribution in [0.1, 0.15) is 28.7 Å². The lowest BCUT2D eigenvalue weighted by molar-refractivity contribution is 0.246. The summed E-state index contributed by atoms with van der Waals surface area (Å²) in [7, 11) is 1.64. The van der Waals surface area contributed by atoms with Crippen molar-refractivity contribution in [3.8, 4) is 0 Å². The van der Waals surface area contributed by atoms with Crippen LogP contribution in [0.2, 0.25) is 0 Å². The highest BCUT2D eigenvalue weighted by molar-refractivity contribution is 7.89. The number of rotatable bonds is 11. The van der Waals surface area contributed by atoms with Gasteiger partial charge in [-0.15, -0.1) is 0 Å². The molecular formula is C23H23N5O2S. The van der Waals surface area contributed by atoms with E-state index in [1.165, 1.54) is 6.26 Å². The topological polar surface area (TPSA) is 93.0 Å². The first kappa shape index (κ1) is 22.4. The maximum Gasteiger partial charge on any atom is 0.244 e. The third-order valence-electron chi connectivity index (χ3n) is 4.44. The van der Waals surface area contributed by atoms with E-state index in [-0.39, 0.29) is 11.8 Å². The van der Waals surface area contributed by atoms with Gasteiger partial charge in [-0.2, -0.15) is 9.76 Å². The summed E-state index contributed by atoms with van der Waals surface area (Å²) in [4.78, 5) is 13.2. The summed E-state index contributed by atoms with van der Waals surface area (Å²) in [5.74, 6) is -0.503. The van der Waals surface area contributed by atoms with Gasteiger partial charge in [0.2, 0.25) is 12.3 Å². The van der Waals surface area contributed by atoms with Crippen LogP contribution >= 0.6 is 12.3 Å². The Morgan fingerprint density at radius 1 is 1.00 bits per heavy atom. The van der Waals surface area contributed by atoms with Crippen LogP contribution in [0, 0.1) is 5.41 Å². The second-order valence-electron chi connectivity index (χ2n) is 6.38. The first-order valence-corrected chi connectivity index (χ1v) is 10.3. The standard InChI is InChI=1S/C23H23N5O2S/c1-25-30-31-29-15-5-3-10-20(24)22(18-8-6-12-26-16-18)23(19-9-7-13-27-17-19)21-11-2-4-14-28-21/h2-17,22-25H,1H3/b10-3-,15-5+,24-20?. The van der Waals surface area contributed by atoms with E-state index >= 15 is 0 Å². The van der Waals surface area contributed by atoms with Crippen LogP contribution in [-0.2, 0) is 8.47 Å². The van der Waals surface area contributed by atoms with Gasteiger partial charge in [-0.05, 0) is 47.5 Å². The fourth-order valence-corrected chi connectivity index (χ4v) is 3.40. The van der Waals surface area contributed by atoms with Crippen LogP contribution in [-0.4, -0.2) is 27.7 Å². The lowest BCUT2D eigenvalue weighted by atomic mass is 9.77. The molecular weight excluding hydrogens is 410 g/mol. The summed E-state index contributed by atoms with van der Waals surface area (Å²) in [6.07, 6.45) is 15.5. The minimum absolute atomic E-state index is 0.198. The van der Waals surface area contributed by atoms with Gasteiger partial charge >= 0.3 is 0 Å². The first-order valence-electron chi connectivity index (χ1n) is 9.59. The summed E-state index contributed by atoms with van der Waals surface area (Å²) < 4.78 is 9.88. The normalized spacial score (nSPS) is 13.3. The fourth-order valence-electron chi connectivity index (χ4n) is 3.18. The van der Waals surface area contributed by atoms with Crippen LogP contribution < -0.4 is 5.48 Å². The van der Waals surface area contributed by atoms with Crippen molar-refractivity contribution in [2.75, 3.05) is 7.05 Å². The van der Waals surface area contributed by atoms with Crippen molar-refractivity contribution in [2.45, 2.75) is 11.8 Å². The third-order valence-corrected chi connectivity index (χ3v) is 4.86. The molecule has 0 aliphatic carbocycles.